The summed E-state index contributed by atoms with van der Waals surface area (Å²) in [5.74, 6) is -1.76. The predicted octanol–water partition coefficient (Wildman–Crippen LogP) is 3.84. The number of amides is 4. The second kappa shape index (κ2) is 19.0. The number of imidazole rings is 1. The number of hydrogen-bond donors (Lipinski definition) is 2. The van der Waals surface area contributed by atoms with E-state index in [-0.39, 0.29) is 43.4 Å². The topological polar surface area (TPSA) is 172 Å². The minimum absolute atomic E-state index is 0.120. The number of cyclic esters (lactones) is 1. The lowest BCUT2D eigenvalue weighted by atomic mass is 9.94. The second-order valence-electron chi connectivity index (χ2n) is 18.5. The van der Waals surface area contributed by atoms with Crippen molar-refractivity contribution >= 4 is 35.3 Å². The highest BCUT2D eigenvalue weighted by Gasteiger charge is 2.40. The molecule has 0 saturated carbocycles. The zero-order valence-corrected chi connectivity index (χ0v) is 37.8. The Hall–Kier alpha value is -5.61. The number of rotatable bonds is 9. The molecule has 4 amide bonds. The third-order valence-corrected chi connectivity index (χ3v) is 12.9. The highest BCUT2D eigenvalue weighted by molar-refractivity contribution is 5.93. The number of carbonyl (C=O) groups excluding carboxylic acids is 5. The molecule has 6 heterocycles. The van der Waals surface area contributed by atoms with E-state index in [2.05, 4.69) is 52.8 Å². The highest BCUT2D eigenvalue weighted by Crippen LogP contribution is 2.35. The lowest BCUT2D eigenvalue weighted by molar-refractivity contribution is -0.155. The number of ether oxygens (including phenoxy) is 2. The quantitative estimate of drug-likeness (QED) is 0.237. The van der Waals surface area contributed by atoms with E-state index in [1.165, 1.54) is 16.0 Å². The lowest BCUT2D eigenvalue weighted by Gasteiger charge is -2.37. The molecule has 2 saturated heterocycles. The summed E-state index contributed by atoms with van der Waals surface area (Å²) in [7, 11) is 3.28. The van der Waals surface area contributed by atoms with Crippen LogP contribution in [0.15, 0.2) is 55.3 Å². The van der Waals surface area contributed by atoms with Gasteiger partial charge >= 0.3 is 5.97 Å². The van der Waals surface area contributed by atoms with Gasteiger partial charge in [-0.1, -0.05) is 46.4 Å². The van der Waals surface area contributed by atoms with Crippen molar-refractivity contribution in [3.63, 3.8) is 0 Å². The molecule has 3 aromatic rings. The number of fused-ring (bicyclic) bond motifs is 6. The lowest BCUT2D eigenvalue weighted by Crippen LogP contribution is -2.62. The van der Waals surface area contributed by atoms with Crippen LogP contribution in [-0.2, 0) is 59.4 Å². The van der Waals surface area contributed by atoms with E-state index >= 15 is 0 Å². The van der Waals surface area contributed by atoms with Crippen LogP contribution in [0.4, 0.5) is 5.69 Å². The number of nitrogens with zero attached hydrogens (tertiary/aromatic N) is 7. The van der Waals surface area contributed by atoms with Crippen LogP contribution in [0.1, 0.15) is 82.6 Å². The average Bonchev–Trinajstić information content (AvgIpc) is 3.92. The fourth-order valence-electron chi connectivity index (χ4n) is 9.41. The number of aromatic nitrogens is 3. The van der Waals surface area contributed by atoms with E-state index in [1.54, 1.807) is 25.3 Å². The Morgan fingerprint density at radius 3 is 2.63 bits per heavy atom. The molecule has 0 spiro atoms. The predicted molar refractivity (Wildman–Crippen MR) is 237 cm³/mol. The van der Waals surface area contributed by atoms with E-state index in [1.807, 2.05) is 45.0 Å². The summed E-state index contributed by atoms with van der Waals surface area (Å²) >= 11 is 0. The maximum atomic E-state index is 14.6. The molecule has 1 unspecified atom stereocenters. The average molecular weight is 866 g/mol. The molecule has 5 atom stereocenters. The fourth-order valence-corrected chi connectivity index (χ4v) is 9.41. The van der Waals surface area contributed by atoms with Gasteiger partial charge in [0, 0.05) is 82.6 Å². The van der Waals surface area contributed by atoms with E-state index in [0.29, 0.717) is 58.4 Å². The third kappa shape index (κ3) is 9.81. The summed E-state index contributed by atoms with van der Waals surface area (Å²) in [6, 6.07) is 9.28. The molecule has 1 aromatic carbocycles. The van der Waals surface area contributed by atoms with Gasteiger partial charge in [-0.2, -0.15) is 0 Å². The maximum Gasteiger partial charge on any atom is 0.324 e. The van der Waals surface area contributed by atoms with E-state index in [0.717, 1.165) is 39.7 Å². The van der Waals surface area contributed by atoms with Crippen molar-refractivity contribution in [3.05, 3.63) is 77.9 Å². The van der Waals surface area contributed by atoms with Crippen molar-refractivity contribution in [1.82, 2.24) is 40.1 Å². The van der Waals surface area contributed by atoms with Crippen LogP contribution in [0.25, 0.3) is 11.4 Å². The first-order valence-corrected chi connectivity index (χ1v) is 22.2. The number of esters is 1. The van der Waals surface area contributed by atoms with Gasteiger partial charge in [0.15, 0.2) is 0 Å². The van der Waals surface area contributed by atoms with Gasteiger partial charge in [-0.15, -0.1) is 0 Å². The van der Waals surface area contributed by atoms with Crippen LogP contribution in [-0.4, -0.2) is 124 Å². The second-order valence-corrected chi connectivity index (χ2v) is 18.5. The molecular formula is C47H63N9O7. The van der Waals surface area contributed by atoms with Crippen molar-refractivity contribution in [1.29, 1.82) is 0 Å². The molecular weight excluding hydrogens is 803 g/mol. The molecule has 0 aliphatic carbocycles. The van der Waals surface area contributed by atoms with Crippen molar-refractivity contribution in [2.75, 3.05) is 51.8 Å². The summed E-state index contributed by atoms with van der Waals surface area (Å²) in [6.07, 6.45) is 5.09. The molecule has 6 bridgehead atoms. The largest absolute Gasteiger partial charge is 0.464 e. The summed E-state index contributed by atoms with van der Waals surface area (Å²) in [5, 5.41) is 4.49. The standard InChI is InChI=1S/C47H63N9O7/c1-9-39(57)54-21-17-32(25-54)44(59)52(7)41(29(2)3)43(58)50-37-24-31-13-10-14-33(23-31)53-22-18-35-38(26-53)55(42(49-35)34-15-11-19-48-40(34)30(4)62-8)27-47(5,6)28-63-46(61)36-16-12-20-56(51-36)45(37)60/h9-11,13-15,19,23,29-30,32,36-37,41,51H,1,12,16-18,20-22,24-28H2,2-8H3,(H,50,58)/t30-,32-,36-,37-,41?/m0/s1. The Labute approximate surface area is 370 Å². The van der Waals surface area contributed by atoms with Crippen LogP contribution in [0.2, 0.25) is 0 Å². The van der Waals surface area contributed by atoms with Gasteiger partial charge in [0.1, 0.15) is 23.9 Å². The minimum atomic E-state index is -1.04. The summed E-state index contributed by atoms with van der Waals surface area (Å²) in [6.45, 7) is 16.3. The Balaban J connectivity index is 1.22. The van der Waals surface area contributed by atoms with Crippen LogP contribution in [0, 0.1) is 17.3 Å². The number of methoxy groups -OCH3 is 1. The molecule has 7 rings (SSSR count). The van der Waals surface area contributed by atoms with Gasteiger partial charge in [0.2, 0.25) is 17.7 Å². The molecule has 16 nitrogen and oxygen atoms in total. The van der Waals surface area contributed by atoms with Gasteiger partial charge in [0.05, 0.1) is 42.3 Å². The molecule has 0 radical (unpaired) electrons. The SMILES string of the molecule is C=CC(=O)N1CC[C@H](C(=O)N(C)C(C(=O)N[C@H]2Cc3cccc(c3)N3CCc4nc(-c5cccnc5[C@H](C)OC)n(c4C3)CC(C)(C)COC(=O)[C@@H]3CCCN(N3)C2=O)C(C)C)C1. The van der Waals surface area contributed by atoms with Gasteiger partial charge in [-0.25, -0.2) is 10.4 Å². The Kier molecular flexibility index (Phi) is 13.7. The first-order valence-electron chi connectivity index (χ1n) is 22.2. The minimum Gasteiger partial charge on any atom is -0.464 e. The van der Waals surface area contributed by atoms with Gasteiger partial charge < -0.3 is 34.1 Å². The number of likely N-dealkylation sites (N-methyl/N-ethyl adjacent to an activating group) is 1. The number of likely N-dealkylation sites (tertiary alicyclic amines) is 1. The van der Waals surface area contributed by atoms with Crippen LogP contribution >= 0.6 is 0 Å². The first-order chi connectivity index (χ1) is 30.1. The number of benzene rings is 1. The molecule has 16 heteroatoms. The molecule has 338 valence electrons. The summed E-state index contributed by atoms with van der Waals surface area (Å²) < 4.78 is 14.0. The number of carbonyl (C=O) groups is 5. The summed E-state index contributed by atoms with van der Waals surface area (Å²) in [4.78, 5) is 84.4. The molecule has 2 aromatic heterocycles. The normalized spacial score (nSPS) is 22.4. The zero-order chi connectivity index (χ0) is 45.2. The van der Waals surface area contributed by atoms with Crippen molar-refractivity contribution in [3.8, 4) is 11.4 Å². The van der Waals surface area contributed by atoms with Gasteiger partial charge in [-0.05, 0) is 68.0 Å². The fraction of sp³-hybridized carbons (Fsp3) is 0.553. The Morgan fingerprint density at radius 1 is 1.10 bits per heavy atom. The number of anilines is 1. The van der Waals surface area contributed by atoms with Gasteiger partial charge in [0.25, 0.3) is 5.91 Å². The number of hydrogen-bond acceptors (Lipinski definition) is 11. The van der Waals surface area contributed by atoms with Crippen LogP contribution in [0.5, 0.6) is 0 Å². The van der Waals surface area contributed by atoms with Gasteiger partial charge in [-0.3, -0.25) is 34.0 Å². The molecule has 2 fully saturated rings. The van der Waals surface area contributed by atoms with Crippen molar-refractivity contribution in [2.45, 2.75) is 104 Å². The van der Waals surface area contributed by atoms with Crippen molar-refractivity contribution < 1.29 is 33.4 Å². The molecule has 4 aliphatic rings. The highest BCUT2D eigenvalue weighted by atomic mass is 16.5. The first kappa shape index (κ1) is 45.4. The third-order valence-electron chi connectivity index (χ3n) is 12.9. The number of pyridine rings is 1. The Morgan fingerprint density at radius 2 is 1.89 bits per heavy atom. The molecule has 4 aliphatic heterocycles. The number of nitrogens with one attached hydrogen (secondary N) is 2. The Bertz CT molecular complexity index is 2220. The maximum absolute atomic E-state index is 14.6. The molecule has 63 heavy (non-hydrogen) atoms. The zero-order valence-electron chi connectivity index (χ0n) is 37.8. The van der Waals surface area contributed by atoms with E-state index in [4.69, 9.17) is 19.4 Å². The van der Waals surface area contributed by atoms with E-state index < -0.39 is 47.2 Å². The monoisotopic (exact) mass is 865 g/mol. The number of hydrazine groups is 1. The van der Waals surface area contributed by atoms with Crippen LogP contribution < -0.4 is 15.6 Å². The molecule has 2 N–H and O–H groups in total. The van der Waals surface area contributed by atoms with Crippen molar-refractivity contribution in [2.24, 2.45) is 17.3 Å². The van der Waals surface area contributed by atoms with Crippen LogP contribution in [0.3, 0.4) is 0 Å². The smallest absolute Gasteiger partial charge is 0.324 e. The summed E-state index contributed by atoms with van der Waals surface area (Å²) in [5.41, 5.74) is 8.15. The van der Waals surface area contributed by atoms with E-state index in [9.17, 15) is 24.0 Å².